The lowest BCUT2D eigenvalue weighted by Gasteiger charge is -2.11. The largest absolute Gasteiger partial charge is 0.494 e. The Morgan fingerprint density at radius 2 is 2.07 bits per heavy atom. The van der Waals surface area contributed by atoms with E-state index in [2.05, 4.69) is 17.2 Å². The Bertz CT molecular complexity index is 1040. The van der Waals surface area contributed by atoms with Crippen LogP contribution in [0.3, 0.4) is 0 Å². The van der Waals surface area contributed by atoms with Crippen molar-refractivity contribution in [1.29, 1.82) is 0 Å². The molecule has 1 amide bonds. The summed E-state index contributed by atoms with van der Waals surface area (Å²) >= 11 is 0. The number of pyridine rings is 1. The van der Waals surface area contributed by atoms with Gasteiger partial charge in [0.15, 0.2) is 0 Å². The van der Waals surface area contributed by atoms with Crippen LogP contribution in [0.1, 0.15) is 41.3 Å². The zero-order valence-electron chi connectivity index (χ0n) is 16.1. The van der Waals surface area contributed by atoms with Crippen LogP contribution in [0, 0.1) is 0 Å². The summed E-state index contributed by atoms with van der Waals surface area (Å²) in [5.41, 5.74) is 8.23. The van der Waals surface area contributed by atoms with Gasteiger partial charge in [-0.15, -0.1) is 0 Å². The molecule has 0 radical (unpaired) electrons. The molecule has 0 bridgehead atoms. The van der Waals surface area contributed by atoms with Crippen LogP contribution in [-0.2, 0) is 6.54 Å². The maximum atomic E-state index is 12.8. The SMILES string of the molecule is CCOc1ccc2[nH]cc(C(=O)NCc3cccc(C(C)CN)c3)c(=O)c2c1. The predicted octanol–water partition coefficient (Wildman–Crippen LogP) is 2.92. The van der Waals surface area contributed by atoms with Crippen LogP contribution < -0.4 is 21.2 Å². The van der Waals surface area contributed by atoms with Crippen LogP contribution in [0.15, 0.2) is 53.5 Å². The molecule has 2 aromatic carbocycles. The normalized spacial score (nSPS) is 12.0. The van der Waals surface area contributed by atoms with E-state index >= 15 is 0 Å². The number of carbonyl (C=O) groups excluding carboxylic acids is 1. The third kappa shape index (κ3) is 4.23. The van der Waals surface area contributed by atoms with Gasteiger partial charge in [-0.1, -0.05) is 31.2 Å². The summed E-state index contributed by atoms with van der Waals surface area (Å²) in [5.74, 6) is 0.435. The highest BCUT2D eigenvalue weighted by Crippen LogP contribution is 2.18. The number of rotatable bonds is 7. The number of H-pyrrole nitrogens is 1. The van der Waals surface area contributed by atoms with Crippen molar-refractivity contribution < 1.29 is 9.53 Å². The van der Waals surface area contributed by atoms with Gasteiger partial charge in [0.05, 0.1) is 6.61 Å². The van der Waals surface area contributed by atoms with Gasteiger partial charge in [0, 0.05) is 23.6 Å². The molecule has 1 atom stereocenters. The lowest BCUT2D eigenvalue weighted by molar-refractivity contribution is 0.0949. The number of amides is 1. The Kier molecular flexibility index (Phi) is 6.11. The lowest BCUT2D eigenvalue weighted by atomic mass is 9.99. The number of nitrogens with one attached hydrogen (secondary N) is 2. The van der Waals surface area contributed by atoms with Crippen molar-refractivity contribution in [2.75, 3.05) is 13.2 Å². The molecule has 4 N–H and O–H groups in total. The van der Waals surface area contributed by atoms with Crippen molar-refractivity contribution in [3.8, 4) is 5.75 Å². The highest BCUT2D eigenvalue weighted by molar-refractivity contribution is 5.97. The first-order valence-electron chi connectivity index (χ1n) is 9.38. The molecule has 3 aromatic rings. The molecule has 146 valence electrons. The highest BCUT2D eigenvalue weighted by Gasteiger charge is 2.14. The fourth-order valence-electron chi connectivity index (χ4n) is 3.05. The first-order valence-corrected chi connectivity index (χ1v) is 9.38. The number of hydrogen-bond donors (Lipinski definition) is 3. The van der Waals surface area contributed by atoms with E-state index in [0.717, 1.165) is 11.1 Å². The molecular weight excluding hydrogens is 354 g/mol. The van der Waals surface area contributed by atoms with Gasteiger partial charge in [-0.3, -0.25) is 9.59 Å². The minimum Gasteiger partial charge on any atom is -0.494 e. The molecule has 6 nitrogen and oxygen atoms in total. The second kappa shape index (κ2) is 8.71. The van der Waals surface area contributed by atoms with Crippen LogP contribution in [0.4, 0.5) is 0 Å². The summed E-state index contributed by atoms with van der Waals surface area (Å²) in [6, 6.07) is 13.1. The molecule has 1 unspecified atom stereocenters. The molecule has 0 saturated carbocycles. The minimum absolute atomic E-state index is 0.0765. The average molecular weight is 379 g/mol. The Morgan fingerprint density at radius 1 is 1.25 bits per heavy atom. The molecule has 0 aliphatic rings. The summed E-state index contributed by atoms with van der Waals surface area (Å²) < 4.78 is 5.45. The summed E-state index contributed by atoms with van der Waals surface area (Å²) in [6.07, 6.45) is 1.45. The standard InChI is InChI=1S/C22H25N3O3/c1-3-28-17-7-8-20-18(10-17)21(26)19(13-24-20)22(27)25-12-15-5-4-6-16(9-15)14(2)11-23/h4-10,13-14H,3,11-12,23H2,1-2H3,(H,24,26)(H,25,27). The van der Waals surface area contributed by atoms with Crippen LogP contribution in [0.2, 0.25) is 0 Å². The summed E-state index contributed by atoms with van der Waals surface area (Å²) in [6.45, 7) is 5.34. The number of carbonyl (C=O) groups is 1. The van der Waals surface area contributed by atoms with E-state index in [1.54, 1.807) is 18.2 Å². The third-order valence-corrected chi connectivity index (χ3v) is 4.73. The Balaban J connectivity index is 1.80. The first-order chi connectivity index (χ1) is 13.5. The molecule has 0 aliphatic carbocycles. The number of benzene rings is 2. The van der Waals surface area contributed by atoms with Crippen molar-refractivity contribution in [1.82, 2.24) is 10.3 Å². The maximum absolute atomic E-state index is 12.8. The quantitative estimate of drug-likeness (QED) is 0.588. The molecule has 0 aliphatic heterocycles. The van der Waals surface area contributed by atoms with Gasteiger partial charge in [-0.25, -0.2) is 0 Å². The van der Waals surface area contributed by atoms with Crippen LogP contribution >= 0.6 is 0 Å². The van der Waals surface area contributed by atoms with Gasteiger partial charge in [-0.05, 0) is 48.7 Å². The zero-order chi connectivity index (χ0) is 20.1. The molecule has 28 heavy (non-hydrogen) atoms. The topological polar surface area (TPSA) is 97.2 Å². The van der Waals surface area contributed by atoms with Crippen molar-refractivity contribution in [3.05, 3.63) is 75.6 Å². The van der Waals surface area contributed by atoms with E-state index in [-0.39, 0.29) is 16.9 Å². The summed E-state index contributed by atoms with van der Waals surface area (Å²) in [5, 5.41) is 3.25. The van der Waals surface area contributed by atoms with Crippen LogP contribution in [0.5, 0.6) is 5.75 Å². The van der Waals surface area contributed by atoms with Gasteiger partial charge in [0.25, 0.3) is 5.91 Å². The monoisotopic (exact) mass is 379 g/mol. The van der Waals surface area contributed by atoms with E-state index in [9.17, 15) is 9.59 Å². The number of fused-ring (bicyclic) bond motifs is 1. The molecule has 6 heteroatoms. The van der Waals surface area contributed by atoms with Gasteiger partial charge in [-0.2, -0.15) is 0 Å². The molecule has 0 saturated heterocycles. The lowest BCUT2D eigenvalue weighted by Crippen LogP contribution is -2.28. The number of ether oxygens (including phenoxy) is 1. The predicted molar refractivity (Wildman–Crippen MR) is 111 cm³/mol. The van der Waals surface area contributed by atoms with E-state index in [1.807, 2.05) is 31.2 Å². The van der Waals surface area contributed by atoms with Crippen molar-refractivity contribution in [3.63, 3.8) is 0 Å². The van der Waals surface area contributed by atoms with Gasteiger partial charge >= 0.3 is 0 Å². The second-order valence-electron chi connectivity index (χ2n) is 6.74. The van der Waals surface area contributed by atoms with Crippen LogP contribution in [-0.4, -0.2) is 24.0 Å². The van der Waals surface area contributed by atoms with E-state index < -0.39 is 5.91 Å². The number of aromatic nitrogens is 1. The number of hydrogen-bond acceptors (Lipinski definition) is 4. The average Bonchev–Trinajstić information content (AvgIpc) is 2.72. The molecule has 3 rings (SSSR count). The van der Waals surface area contributed by atoms with Crippen LogP contribution in [0.25, 0.3) is 10.9 Å². The van der Waals surface area contributed by atoms with E-state index in [1.165, 1.54) is 6.20 Å². The third-order valence-electron chi connectivity index (χ3n) is 4.73. The van der Waals surface area contributed by atoms with Crippen molar-refractivity contribution >= 4 is 16.8 Å². The van der Waals surface area contributed by atoms with Gasteiger partial charge in [0.1, 0.15) is 11.3 Å². The Labute approximate surface area is 163 Å². The van der Waals surface area contributed by atoms with E-state index in [0.29, 0.717) is 36.3 Å². The minimum atomic E-state index is -0.415. The number of aromatic amines is 1. The Morgan fingerprint density at radius 3 is 2.82 bits per heavy atom. The van der Waals surface area contributed by atoms with Gasteiger partial charge in [0.2, 0.25) is 5.43 Å². The van der Waals surface area contributed by atoms with Crippen molar-refractivity contribution in [2.45, 2.75) is 26.3 Å². The molecular formula is C22H25N3O3. The van der Waals surface area contributed by atoms with E-state index in [4.69, 9.17) is 10.5 Å². The Hall–Kier alpha value is -3.12. The van der Waals surface area contributed by atoms with Gasteiger partial charge < -0.3 is 20.8 Å². The summed E-state index contributed by atoms with van der Waals surface area (Å²) in [7, 11) is 0. The smallest absolute Gasteiger partial charge is 0.257 e. The summed E-state index contributed by atoms with van der Waals surface area (Å²) in [4.78, 5) is 28.4. The molecule has 0 spiro atoms. The molecule has 1 heterocycles. The highest BCUT2D eigenvalue weighted by atomic mass is 16.5. The fourth-order valence-corrected chi connectivity index (χ4v) is 3.05. The molecule has 0 fully saturated rings. The number of nitrogens with two attached hydrogens (primary N) is 1. The molecule has 1 aromatic heterocycles. The maximum Gasteiger partial charge on any atom is 0.257 e. The fraction of sp³-hybridized carbons (Fsp3) is 0.273. The van der Waals surface area contributed by atoms with Crippen molar-refractivity contribution in [2.24, 2.45) is 5.73 Å². The second-order valence-corrected chi connectivity index (χ2v) is 6.74. The first kappa shape index (κ1) is 19.6. The zero-order valence-corrected chi connectivity index (χ0v) is 16.1.